The van der Waals surface area contributed by atoms with Crippen LogP contribution in [0.3, 0.4) is 0 Å². The van der Waals surface area contributed by atoms with Crippen molar-refractivity contribution in [2.24, 2.45) is 5.92 Å². The maximum atomic E-state index is 12.1. The molecule has 1 rings (SSSR count). The van der Waals surface area contributed by atoms with E-state index in [0.29, 0.717) is 6.42 Å². The van der Waals surface area contributed by atoms with E-state index in [2.05, 4.69) is 10.3 Å². The number of carbonyl (C=O) groups excluding carboxylic acids is 2. The minimum Gasteiger partial charge on any atom is -0.467 e. The zero-order valence-corrected chi connectivity index (χ0v) is 15.0. The number of nitrogens with two attached hydrogens (primary N) is 1. The third-order valence-electron chi connectivity index (χ3n) is 3.13. The first-order valence-corrected chi connectivity index (χ1v) is 8.41. The monoisotopic (exact) mass is 361 g/mol. The Bertz CT molecular complexity index is 737. The minimum atomic E-state index is -0.729. The molecule has 1 heterocycles. The lowest BCUT2D eigenvalue weighted by Gasteiger charge is -2.18. The van der Waals surface area contributed by atoms with E-state index in [1.54, 1.807) is 0 Å². The van der Waals surface area contributed by atoms with Gasteiger partial charge in [0.25, 0.3) is 0 Å². The summed E-state index contributed by atoms with van der Waals surface area (Å²) < 4.78 is 4.69. The summed E-state index contributed by atoms with van der Waals surface area (Å²) in [5.74, 6) is -0.766. The Kier molecular flexibility index (Phi) is 7.70. The summed E-state index contributed by atoms with van der Waals surface area (Å²) in [5, 5.41) is 20.9. The van der Waals surface area contributed by atoms with E-state index in [0.717, 1.165) is 11.8 Å². The van der Waals surface area contributed by atoms with Crippen molar-refractivity contribution in [2.45, 2.75) is 31.3 Å². The molecule has 1 amide bonds. The van der Waals surface area contributed by atoms with Gasteiger partial charge in [-0.15, -0.1) is 0 Å². The molecule has 132 valence electrons. The lowest BCUT2D eigenvalue weighted by atomic mass is 10.0. The number of esters is 1. The lowest BCUT2D eigenvalue weighted by Crippen LogP contribution is -2.43. The van der Waals surface area contributed by atoms with Crippen molar-refractivity contribution in [2.75, 3.05) is 18.6 Å². The lowest BCUT2D eigenvalue weighted by molar-refractivity contribution is -0.145. The Hall–Kier alpha value is -2.78. The average molecular weight is 361 g/mol. The van der Waals surface area contributed by atoms with Gasteiger partial charge in [0, 0.05) is 0 Å². The number of nitrogen functional groups attached to an aromatic ring is 1. The fourth-order valence-corrected chi connectivity index (χ4v) is 2.76. The van der Waals surface area contributed by atoms with Gasteiger partial charge in [0.05, 0.1) is 24.0 Å². The highest BCUT2D eigenvalue weighted by molar-refractivity contribution is 8.00. The summed E-state index contributed by atoms with van der Waals surface area (Å²) in [6.07, 6.45) is 0.453. The van der Waals surface area contributed by atoms with Crippen molar-refractivity contribution in [3.05, 3.63) is 17.2 Å². The predicted octanol–water partition coefficient (Wildman–Crippen LogP) is 1.20. The van der Waals surface area contributed by atoms with Crippen LogP contribution in [0.15, 0.2) is 11.1 Å². The first-order chi connectivity index (χ1) is 11.8. The highest BCUT2D eigenvalue weighted by Gasteiger charge is 2.23. The maximum Gasteiger partial charge on any atom is 0.328 e. The largest absolute Gasteiger partial charge is 0.467 e. The molecule has 0 radical (unpaired) electrons. The molecule has 0 spiro atoms. The molecular weight excluding hydrogens is 342 g/mol. The molecule has 0 saturated heterocycles. The van der Waals surface area contributed by atoms with Gasteiger partial charge in [-0.2, -0.15) is 10.5 Å². The number of aromatic nitrogens is 1. The van der Waals surface area contributed by atoms with Crippen molar-refractivity contribution in [3.63, 3.8) is 0 Å². The number of thioether (sulfide) groups is 1. The Balaban J connectivity index is 2.79. The number of pyridine rings is 1. The number of ether oxygens (including phenoxy) is 1. The predicted molar refractivity (Wildman–Crippen MR) is 92.2 cm³/mol. The van der Waals surface area contributed by atoms with Crippen LogP contribution in [0.5, 0.6) is 0 Å². The van der Waals surface area contributed by atoms with Gasteiger partial charge < -0.3 is 15.8 Å². The van der Waals surface area contributed by atoms with Gasteiger partial charge in [-0.25, -0.2) is 9.78 Å². The zero-order chi connectivity index (χ0) is 19.0. The molecule has 9 heteroatoms. The highest BCUT2D eigenvalue weighted by atomic mass is 32.2. The molecular formula is C16H19N5O3S. The summed E-state index contributed by atoms with van der Waals surface area (Å²) in [6.45, 7) is 3.86. The van der Waals surface area contributed by atoms with Crippen LogP contribution in [0, 0.1) is 28.6 Å². The molecule has 0 aliphatic carbocycles. The van der Waals surface area contributed by atoms with E-state index in [1.165, 1.54) is 13.2 Å². The second-order valence-corrected chi connectivity index (χ2v) is 6.52. The Labute approximate surface area is 150 Å². The summed E-state index contributed by atoms with van der Waals surface area (Å²) in [5.41, 5.74) is 5.90. The van der Waals surface area contributed by atoms with Crippen LogP contribution < -0.4 is 11.1 Å². The van der Waals surface area contributed by atoms with Crippen molar-refractivity contribution in [1.29, 1.82) is 10.5 Å². The van der Waals surface area contributed by atoms with Crippen molar-refractivity contribution in [3.8, 4) is 12.1 Å². The zero-order valence-electron chi connectivity index (χ0n) is 14.2. The average Bonchev–Trinajstić information content (AvgIpc) is 2.58. The third kappa shape index (κ3) is 5.98. The first kappa shape index (κ1) is 20.3. The van der Waals surface area contributed by atoms with Gasteiger partial charge >= 0.3 is 5.97 Å². The summed E-state index contributed by atoms with van der Waals surface area (Å²) in [4.78, 5) is 27.8. The molecule has 1 aromatic rings. The standard InChI is InChI=1S/C16H19N5O3S/c1-9(2)4-12(16(23)24-3)20-13(22)8-25-15-11(7-18)5-10(6-17)14(19)21-15/h5,9,12H,4,8H2,1-3H3,(H2,19,21)(H,20,22)/t12-/m1/s1. The molecule has 0 fully saturated rings. The van der Waals surface area contributed by atoms with Crippen LogP contribution in [-0.2, 0) is 14.3 Å². The van der Waals surface area contributed by atoms with Gasteiger partial charge in [-0.1, -0.05) is 25.6 Å². The molecule has 0 aliphatic heterocycles. The number of nitrogens with zero attached hydrogens (tertiary/aromatic N) is 3. The molecule has 0 bridgehead atoms. The summed E-state index contributed by atoms with van der Waals surface area (Å²) in [7, 11) is 1.26. The number of carbonyl (C=O) groups is 2. The maximum absolute atomic E-state index is 12.1. The number of amides is 1. The van der Waals surface area contributed by atoms with E-state index in [-0.39, 0.29) is 33.6 Å². The van der Waals surface area contributed by atoms with Gasteiger partial charge in [-0.05, 0) is 18.4 Å². The van der Waals surface area contributed by atoms with Crippen molar-refractivity contribution >= 4 is 29.5 Å². The topological polar surface area (TPSA) is 142 Å². The fraction of sp³-hybridized carbons (Fsp3) is 0.438. The smallest absolute Gasteiger partial charge is 0.328 e. The Morgan fingerprint density at radius 2 is 2.00 bits per heavy atom. The van der Waals surface area contributed by atoms with Crippen molar-refractivity contribution in [1.82, 2.24) is 10.3 Å². The summed E-state index contributed by atoms with van der Waals surface area (Å²) >= 11 is 1.01. The highest BCUT2D eigenvalue weighted by Crippen LogP contribution is 2.23. The summed E-state index contributed by atoms with van der Waals surface area (Å²) in [6, 6.07) is 4.37. The molecule has 3 N–H and O–H groups in total. The van der Waals surface area contributed by atoms with E-state index in [4.69, 9.17) is 21.0 Å². The van der Waals surface area contributed by atoms with Crippen LogP contribution in [-0.4, -0.2) is 35.8 Å². The van der Waals surface area contributed by atoms with Gasteiger partial charge in [-0.3, -0.25) is 4.79 Å². The molecule has 0 saturated carbocycles. The van der Waals surface area contributed by atoms with Crippen molar-refractivity contribution < 1.29 is 14.3 Å². The van der Waals surface area contributed by atoms with Crippen LogP contribution in [0.25, 0.3) is 0 Å². The minimum absolute atomic E-state index is 0.00310. The number of hydrogen-bond acceptors (Lipinski definition) is 8. The molecule has 25 heavy (non-hydrogen) atoms. The number of rotatable bonds is 7. The second kappa shape index (κ2) is 9.50. The number of hydrogen-bond donors (Lipinski definition) is 2. The molecule has 8 nitrogen and oxygen atoms in total. The van der Waals surface area contributed by atoms with E-state index in [1.807, 2.05) is 26.0 Å². The molecule has 1 atom stereocenters. The quantitative estimate of drug-likeness (QED) is 0.545. The third-order valence-corrected chi connectivity index (χ3v) is 4.12. The fourth-order valence-electron chi connectivity index (χ4n) is 1.99. The van der Waals surface area contributed by atoms with Gasteiger partial charge in [0.2, 0.25) is 5.91 Å². The van der Waals surface area contributed by atoms with Crippen LogP contribution >= 0.6 is 11.8 Å². The normalized spacial score (nSPS) is 11.3. The van der Waals surface area contributed by atoms with Crippen LogP contribution in [0.4, 0.5) is 5.82 Å². The van der Waals surface area contributed by atoms with E-state index in [9.17, 15) is 9.59 Å². The van der Waals surface area contributed by atoms with Crippen LogP contribution in [0.1, 0.15) is 31.4 Å². The van der Waals surface area contributed by atoms with E-state index >= 15 is 0 Å². The van der Waals surface area contributed by atoms with E-state index < -0.39 is 17.9 Å². The first-order valence-electron chi connectivity index (χ1n) is 7.43. The number of anilines is 1. The molecule has 1 aromatic heterocycles. The van der Waals surface area contributed by atoms with Gasteiger partial charge in [0.15, 0.2) is 0 Å². The molecule has 0 unspecified atom stereocenters. The molecule has 0 aliphatic rings. The number of nitriles is 2. The SMILES string of the molecule is COC(=O)[C@@H](CC(C)C)NC(=O)CSc1nc(N)c(C#N)cc1C#N. The molecule has 0 aromatic carbocycles. The Morgan fingerprint density at radius 3 is 2.52 bits per heavy atom. The number of nitrogens with one attached hydrogen (secondary N) is 1. The van der Waals surface area contributed by atoms with Gasteiger partial charge in [0.1, 0.15) is 29.0 Å². The number of methoxy groups -OCH3 is 1. The van der Waals surface area contributed by atoms with Crippen LogP contribution in [0.2, 0.25) is 0 Å². The Morgan fingerprint density at radius 1 is 1.36 bits per heavy atom. The second-order valence-electron chi connectivity index (χ2n) is 5.56.